The average Bonchev–Trinajstić information content (AvgIpc) is 2.69. The standard InChI is InChI=1S/C15H21N3O2/c1-5-8-18-15(14(16)11(3)17-18)20-12-7-6-10(2)9-13(12)19-4/h6-7,9H,5,8,16H2,1-4H3. The fourth-order valence-corrected chi connectivity index (χ4v) is 2.01. The normalized spacial score (nSPS) is 10.6. The van der Waals surface area contributed by atoms with Crippen LogP contribution in [0.5, 0.6) is 17.4 Å². The number of nitrogens with zero attached hydrogens (tertiary/aromatic N) is 2. The molecule has 1 aromatic carbocycles. The van der Waals surface area contributed by atoms with Gasteiger partial charge in [0.1, 0.15) is 5.69 Å². The molecular formula is C15H21N3O2. The number of benzene rings is 1. The van der Waals surface area contributed by atoms with E-state index in [1.54, 1.807) is 11.8 Å². The van der Waals surface area contributed by atoms with Crippen LogP contribution in [0.2, 0.25) is 0 Å². The highest BCUT2D eigenvalue weighted by molar-refractivity contribution is 5.55. The van der Waals surface area contributed by atoms with Gasteiger partial charge in [-0.1, -0.05) is 13.0 Å². The Balaban J connectivity index is 2.39. The molecule has 0 aliphatic carbocycles. The van der Waals surface area contributed by atoms with Crippen molar-refractivity contribution >= 4 is 5.69 Å². The predicted molar refractivity (Wildman–Crippen MR) is 79.5 cm³/mol. The molecule has 0 bridgehead atoms. The van der Waals surface area contributed by atoms with Gasteiger partial charge in [-0.25, -0.2) is 4.68 Å². The minimum absolute atomic E-state index is 0.570. The number of aryl methyl sites for hydroxylation is 3. The highest BCUT2D eigenvalue weighted by Gasteiger charge is 2.16. The lowest BCUT2D eigenvalue weighted by Gasteiger charge is -2.12. The van der Waals surface area contributed by atoms with Crippen molar-refractivity contribution in [1.82, 2.24) is 9.78 Å². The van der Waals surface area contributed by atoms with Crippen LogP contribution in [0.4, 0.5) is 5.69 Å². The number of ether oxygens (including phenoxy) is 2. The molecule has 5 nitrogen and oxygen atoms in total. The maximum absolute atomic E-state index is 6.05. The Morgan fingerprint density at radius 2 is 2.00 bits per heavy atom. The van der Waals surface area contributed by atoms with Crippen molar-refractivity contribution in [1.29, 1.82) is 0 Å². The van der Waals surface area contributed by atoms with Crippen molar-refractivity contribution < 1.29 is 9.47 Å². The molecule has 1 aromatic heterocycles. The number of nitrogens with two attached hydrogens (primary N) is 1. The number of anilines is 1. The number of nitrogen functional groups attached to an aromatic ring is 1. The van der Waals surface area contributed by atoms with Crippen LogP contribution in [0.1, 0.15) is 24.6 Å². The van der Waals surface area contributed by atoms with Gasteiger partial charge in [-0.15, -0.1) is 0 Å². The molecule has 0 spiro atoms. The molecule has 0 saturated carbocycles. The summed E-state index contributed by atoms with van der Waals surface area (Å²) in [7, 11) is 1.62. The van der Waals surface area contributed by atoms with Gasteiger partial charge in [-0.3, -0.25) is 0 Å². The zero-order chi connectivity index (χ0) is 14.7. The van der Waals surface area contributed by atoms with Crippen LogP contribution in [-0.2, 0) is 6.54 Å². The fourth-order valence-electron chi connectivity index (χ4n) is 2.01. The first kappa shape index (κ1) is 14.2. The first-order valence-electron chi connectivity index (χ1n) is 6.72. The molecule has 108 valence electrons. The lowest BCUT2D eigenvalue weighted by Crippen LogP contribution is -2.03. The quantitative estimate of drug-likeness (QED) is 0.909. The third-order valence-electron chi connectivity index (χ3n) is 3.09. The third kappa shape index (κ3) is 2.71. The van der Waals surface area contributed by atoms with Crippen LogP contribution in [0.25, 0.3) is 0 Å². The van der Waals surface area contributed by atoms with E-state index in [9.17, 15) is 0 Å². The number of methoxy groups -OCH3 is 1. The Hall–Kier alpha value is -2.17. The molecule has 0 fully saturated rings. The number of hydrogen-bond donors (Lipinski definition) is 1. The Labute approximate surface area is 119 Å². The summed E-state index contributed by atoms with van der Waals surface area (Å²) in [5.41, 5.74) is 8.51. The summed E-state index contributed by atoms with van der Waals surface area (Å²) in [4.78, 5) is 0. The van der Waals surface area contributed by atoms with Crippen LogP contribution < -0.4 is 15.2 Å². The molecule has 2 aromatic rings. The second kappa shape index (κ2) is 5.86. The smallest absolute Gasteiger partial charge is 0.241 e. The van der Waals surface area contributed by atoms with E-state index in [1.807, 2.05) is 32.0 Å². The van der Waals surface area contributed by atoms with E-state index in [2.05, 4.69) is 12.0 Å². The highest BCUT2D eigenvalue weighted by atomic mass is 16.5. The maximum atomic E-state index is 6.05. The molecule has 0 unspecified atom stereocenters. The van der Waals surface area contributed by atoms with Crippen molar-refractivity contribution in [3.8, 4) is 17.4 Å². The van der Waals surface area contributed by atoms with Crippen LogP contribution in [0, 0.1) is 13.8 Å². The third-order valence-corrected chi connectivity index (χ3v) is 3.09. The highest BCUT2D eigenvalue weighted by Crippen LogP contribution is 2.35. The predicted octanol–water partition coefficient (Wildman–Crippen LogP) is 3.29. The first-order chi connectivity index (χ1) is 9.56. The van der Waals surface area contributed by atoms with E-state index in [4.69, 9.17) is 15.2 Å². The van der Waals surface area contributed by atoms with Crippen molar-refractivity contribution in [2.45, 2.75) is 33.7 Å². The zero-order valence-electron chi connectivity index (χ0n) is 12.4. The van der Waals surface area contributed by atoms with Crippen molar-refractivity contribution in [2.75, 3.05) is 12.8 Å². The molecular weight excluding hydrogens is 254 g/mol. The fraction of sp³-hybridized carbons (Fsp3) is 0.400. The first-order valence-corrected chi connectivity index (χ1v) is 6.72. The van der Waals surface area contributed by atoms with Crippen molar-refractivity contribution in [3.63, 3.8) is 0 Å². The molecule has 1 heterocycles. The summed E-state index contributed by atoms with van der Waals surface area (Å²) >= 11 is 0. The Morgan fingerprint density at radius 1 is 1.25 bits per heavy atom. The summed E-state index contributed by atoms with van der Waals surface area (Å²) in [6, 6.07) is 5.78. The second-order valence-electron chi connectivity index (χ2n) is 4.78. The molecule has 5 heteroatoms. The van der Waals surface area contributed by atoms with Gasteiger partial charge in [-0.05, 0) is 38.0 Å². The van der Waals surface area contributed by atoms with Gasteiger partial charge in [-0.2, -0.15) is 5.10 Å². The zero-order valence-corrected chi connectivity index (χ0v) is 12.4. The van der Waals surface area contributed by atoms with Gasteiger partial charge in [0.2, 0.25) is 5.88 Å². The summed E-state index contributed by atoms with van der Waals surface area (Å²) in [6.45, 7) is 6.73. The lowest BCUT2D eigenvalue weighted by atomic mass is 10.2. The summed E-state index contributed by atoms with van der Waals surface area (Å²) in [6.07, 6.45) is 0.960. The number of aromatic nitrogens is 2. The average molecular weight is 275 g/mol. The molecule has 0 saturated heterocycles. The molecule has 0 amide bonds. The lowest BCUT2D eigenvalue weighted by molar-refractivity contribution is 0.359. The molecule has 2 rings (SSSR count). The van der Waals surface area contributed by atoms with Crippen molar-refractivity contribution in [2.24, 2.45) is 0 Å². The summed E-state index contributed by atoms with van der Waals surface area (Å²) in [5, 5.41) is 4.39. The van der Waals surface area contributed by atoms with E-state index in [0.29, 0.717) is 23.1 Å². The molecule has 0 aliphatic heterocycles. The minimum Gasteiger partial charge on any atom is -0.493 e. The number of hydrogen-bond acceptors (Lipinski definition) is 4. The number of rotatable bonds is 5. The largest absolute Gasteiger partial charge is 0.493 e. The van der Waals surface area contributed by atoms with Gasteiger partial charge in [0, 0.05) is 6.54 Å². The van der Waals surface area contributed by atoms with E-state index in [1.165, 1.54) is 0 Å². The Kier molecular flexibility index (Phi) is 4.17. The van der Waals surface area contributed by atoms with E-state index in [0.717, 1.165) is 24.2 Å². The van der Waals surface area contributed by atoms with Crippen molar-refractivity contribution in [3.05, 3.63) is 29.5 Å². The van der Waals surface area contributed by atoms with Crippen LogP contribution in [0.15, 0.2) is 18.2 Å². The van der Waals surface area contributed by atoms with E-state index in [-0.39, 0.29) is 0 Å². The van der Waals surface area contributed by atoms with Crippen LogP contribution in [0.3, 0.4) is 0 Å². The Bertz CT molecular complexity index is 605. The van der Waals surface area contributed by atoms with Gasteiger partial charge in [0.05, 0.1) is 12.8 Å². The van der Waals surface area contributed by atoms with E-state index < -0.39 is 0 Å². The SMILES string of the molecule is CCCn1nc(C)c(N)c1Oc1ccc(C)cc1OC. The van der Waals surface area contributed by atoms with Gasteiger partial charge in [0.25, 0.3) is 0 Å². The topological polar surface area (TPSA) is 62.3 Å². The molecule has 20 heavy (non-hydrogen) atoms. The van der Waals surface area contributed by atoms with Gasteiger partial charge in [0.15, 0.2) is 11.5 Å². The molecule has 2 N–H and O–H groups in total. The monoisotopic (exact) mass is 275 g/mol. The van der Waals surface area contributed by atoms with E-state index >= 15 is 0 Å². The van der Waals surface area contributed by atoms with Crippen LogP contribution in [-0.4, -0.2) is 16.9 Å². The molecule has 0 radical (unpaired) electrons. The Morgan fingerprint density at radius 3 is 2.65 bits per heavy atom. The van der Waals surface area contributed by atoms with Crippen LogP contribution >= 0.6 is 0 Å². The minimum atomic E-state index is 0.570. The second-order valence-corrected chi connectivity index (χ2v) is 4.78. The summed E-state index contributed by atoms with van der Waals surface area (Å²) in [5.74, 6) is 1.90. The van der Waals surface area contributed by atoms with Gasteiger partial charge >= 0.3 is 0 Å². The molecule has 0 atom stereocenters. The summed E-state index contributed by atoms with van der Waals surface area (Å²) < 4.78 is 13.1. The maximum Gasteiger partial charge on any atom is 0.241 e. The molecule has 0 aliphatic rings. The van der Waals surface area contributed by atoms with Gasteiger partial charge < -0.3 is 15.2 Å².